The third-order valence-corrected chi connectivity index (χ3v) is 6.35. The highest BCUT2D eigenvalue weighted by Crippen LogP contribution is 2.35. The van der Waals surface area contributed by atoms with Gasteiger partial charge in [0.2, 0.25) is 0 Å². The number of rotatable bonds is 7. The number of aliphatic hydroxyl groups excluding tert-OH is 1. The van der Waals surface area contributed by atoms with E-state index in [4.69, 9.17) is 19.9 Å². The van der Waals surface area contributed by atoms with Gasteiger partial charge in [0.15, 0.2) is 11.5 Å². The van der Waals surface area contributed by atoms with Gasteiger partial charge in [-0.1, -0.05) is 36.4 Å². The van der Waals surface area contributed by atoms with Crippen molar-refractivity contribution < 1.29 is 14.6 Å². The molecule has 7 heteroatoms. The number of thiazole rings is 1. The SMILES string of the molecule is COc1ccc(CCN2CC(O)=C(c3nc(-c4ccccc4)c(C)s3)C2=N)cc1OC. The third kappa shape index (κ3) is 4.14. The van der Waals surface area contributed by atoms with Gasteiger partial charge in [-0.3, -0.25) is 5.41 Å². The lowest BCUT2D eigenvalue weighted by molar-refractivity contribution is 0.349. The van der Waals surface area contributed by atoms with E-state index in [9.17, 15) is 5.11 Å². The van der Waals surface area contributed by atoms with Crippen LogP contribution in [0.5, 0.6) is 11.5 Å². The molecule has 6 nitrogen and oxygen atoms in total. The van der Waals surface area contributed by atoms with E-state index in [-0.39, 0.29) is 5.76 Å². The van der Waals surface area contributed by atoms with Crippen LogP contribution in [-0.4, -0.2) is 48.1 Å². The summed E-state index contributed by atoms with van der Waals surface area (Å²) in [6, 6.07) is 15.8. The van der Waals surface area contributed by atoms with Crippen molar-refractivity contribution in [3.8, 4) is 22.8 Å². The van der Waals surface area contributed by atoms with E-state index < -0.39 is 0 Å². The normalized spacial score (nSPS) is 13.8. The lowest BCUT2D eigenvalue weighted by atomic mass is 10.1. The van der Waals surface area contributed by atoms with Crippen LogP contribution in [0.3, 0.4) is 0 Å². The molecule has 1 aliphatic heterocycles. The molecule has 1 aliphatic rings. The Balaban J connectivity index is 1.49. The van der Waals surface area contributed by atoms with Gasteiger partial charge in [-0.2, -0.15) is 0 Å². The van der Waals surface area contributed by atoms with Gasteiger partial charge in [-0.15, -0.1) is 11.3 Å². The van der Waals surface area contributed by atoms with Crippen molar-refractivity contribution in [3.63, 3.8) is 0 Å². The molecule has 3 aromatic rings. The first-order valence-corrected chi connectivity index (χ1v) is 10.8. The maximum Gasteiger partial charge on any atom is 0.160 e. The van der Waals surface area contributed by atoms with Crippen molar-refractivity contribution in [2.75, 3.05) is 27.3 Å². The summed E-state index contributed by atoms with van der Waals surface area (Å²) < 4.78 is 10.7. The first kappa shape index (κ1) is 20.9. The lowest BCUT2D eigenvalue weighted by Crippen LogP contribution is -2.28. The minimum atomic E-state index is 0.200. The van der Waals surface area contributed by atoms with Crippen LogP contribution in [0.25, 0.3) is 16.8 Å². The fourth-order valence-corrected chi connectivity index (χ4v) is 4.72. The molecule has 0 fully saturated rings. The van der Waals surface area contributed by atoms with Crippen LogP contribution >= 0.6 is 11.3 Å². The average Bonchev–Trinajstić information content (AvgIpc) is 3.30. The van der Waals surface area contributed by atoms with Crippen molar-refractivity contribution in [1.82, 2.24) is 9.88 Å². The van der Waals surface area contributed by atoms with E-state index >= 15 is 0 Å². The summed E-state index contributed by atoms with van der Waals surface area (Å²) >= 11 is 1.51. The number of aromatic nitrogens is 1. The van der Waals surface area contributed by atoms with Crippen molar-refractivity contribution in [2.45, 2.75) is 13.3 Å². The Morgan fingerprint density at radius 2 is 1.84 bits per heavy atom. The number of aliphatic hydroxyl groups is 1. The maximum absolute atomic E-state index is 10.6. The number of nitrogens with zero attached hydrogens (tertiary/aromatic N) is 2. The third-order valence-electron chi connectivity index (χ3n) is 5.36. The number of benzene rings is 2. The smallest absolute Gasteiger partial charge is 0.160 e. The monoisotopic (exact) mass is 435 g/mol. The molecule has 0 saturated heterocycles. The summed E-state index contributed by atoms with van der Waals surface area (Å²) in [5.74, 6) is 1.89. The average molecular weight is 436 g/mol. The van der Waals surface area contributed by atoms with Crippen molar-refractivity contribution in [3.05, 3.63) is 69.7 Å². The zero-order chi connectivity index (χ0) is 22.0. The lowest BCUT2D eigenvalue weighted by Gasteiger charge is -2.18. The summed E-state index contributed by atoms with van der Waals surface area (Å²) in [4.78, 5) is 7.70. The molecule has 0 unspecified atom stereocenters. The largest absolute Gasteiger partial charge is 0.510 e. The predicted octanol–water partition coefficient (Wildman–Crippen LogP) is 4.94. The molecule has 0 radical (unpaired) electrons. The van der Waals surface area contributed by atoms with Gasteiger partial charge in [-0.05, 0) is 31.0 Å². The van der Waals surface area contributed by atoms with Crippen LogP contribution in [-0.2, 0) is 6.42 Å². The van der Waals surface area contributed by atoms with E-state index in [0.29, 0.717) is 41.0 Å². The zero-order valence-electron chi connectivity index (χ0n) is 17.8. The molecule has 0 aliphatic carbocycles. The molecule has 160 valence electrons. The Morgan fingerprint density at radius 3 is 2.55 bits per heavy atom. The summed E-state index contributed by atoms with van der Waals surface area (Å²) in [5.41, 5.74) is 3.55. The van der Waals surface area contributed by atoms with E-state index in [1.54, 1.807) is 14.2 Å². The van der Waals surface area contributed by atoms with Gasteiger partial charge in [0.1, 0.15) is 16.6 Å². The van der Waals surface area contributed by atoms with Gasteiger partial charge in [0.25, 0.3) is 0 Å². The second-order valence-corrected chi connectivity index (χ2v) is 8.52. The van der Waals surface area contributed by atoms with Gasteiger partial charge < -0.3 is 19.5 Å². The van der Waals surface area contributed by atoms with E-state index in [1.165, 1.54) is 11.3 Å². The van der Waals surface area contributed by atoms with Crippen LogP contribution in [0.2, 0.25) is 0 Å². The van der Waals surface area contributed by atoms with E-state index in [2.05, 4.69) is 0 Å². The highest BCUT2D eigenvalue weighted by atomic mass is 32.1. The second kappa shape index (κ2) is 8.81. The Morgan fingerprint density at radius 1 is 1.10 bits per heavy atom. The highest BCUT2D eigenvalue weighted by Gasteiger charge is 2.30. The molecule has 31 heavy (non-hydrogen) atoms. The Hall–Kier alpha value is -3.32. The van der Waals surface area contributed by atoms with Gasteiger partial charge in [-0.25, -0.2) is 4.98 Å². The molecule has 4 rings (SSSR count). The maximum atomic E-state index is 10.6. The summed E-state index contributed by atoms with van der Waals surface area (Å²) in [6.07, 6.45) is 0.718. The van der Waals surface area contributed by atoms with E-state index in [1.807, 2.05) is 60.4 Å². The Bertz CT molecular complexity index is 1140. The number of hydrogen-bond donors (Lipinski definition) is 2. The molecule has 0 spiro atoms. The molecule has 1 aromatic heterocycles. The fourth-order valence-electron chi connectivity index (χ4n) is 3.72. The molecular weight excluding hydrogens is 410 g/mol. The predicted molar refractivity (Wildman–Crippen MR) is 124 cm³/mol. The number of ether oxygens (including phenoxy) is 2. The van der Waals surface area contributed by atoms with Crippen LogP contribution in [0.1, 0.15) is 15.4 Å². The number of methoxy groups -OCH3 is 2. The Kier molecular flexibility index (Phi) is 5.95. The highest BCUT2D eigenvalue weighted by molar-refractivity contribution is 7.13. The van der Waals surface area contributed by atoms with Gasteiger partial charge in [0, 0.05) is 17.0 Å². The summed E-state index contributed by atoms with van der Waals surface area (Å²) in [6.45, 7) is 2.95. The topological polar surface area (TPSA) is 78.7 Å². The van der Waals surface area contributed by atoms with Crippen LogP contribution in [0.4, 0.5) is 0 Å². The molecular formula is C24H25N3O3S. The first-order valence-electron chi connectivity index (χ1n) is 10.0. The molecule has 2 N–H and O–H groups in total. The van der Waals surface area contributed by atoms with Gasteiger partial charge >= 0.3 is 0 Å². The van der Waals surface area contributed by atoms with Crippen LogP contribution < -0.4 is 9.47 Å². The minimum Gasteiger partial charge on any atom is -0.510 e. The Labute approximate surface area is 185 Å². The molecule has 0 atom stereocenters. The zero-order valence-corrected chi connectivity index (χ0v) is 18.6. The summed E-state index contributed by atoms with van der Waals surface area (Å²) in [7, 11) is 3.23. The number of hydrogen-bond acceptors (Lipinski definition) is 6. The number of amidine groups is 1. The second-order valence-electron chi connectivity index (χ2n) is 7.32. The standard InChI is InChI=1S/C24H25N3O3S/c1-15-22(17-7-5-4-6-8-17)26-24(31-15)21-18(28)14-27(23(21)25)12-11-16-9-10-19(29-2)20(13-16)30-3/h4-10,13,25,28H,11-12,14H2,1-3H3. The van der Waals surface area contributed by atoms with Crippen LogP contribution in [0.15, 0.2) is 54.3 Å². The molecule has 0 amide bonds. The molecule has 2 heterocycles. The molecule has 2 aromatic carbocycles. The molecule has 0 saturated carbocycles. The van der Waals surface area contributed by atoms with Crippen molar-refractivity contribution in [2.24, 2.45) is 0 Å². The van der Waals surface area contributed by atoms with E-state index in [0.717, 1.165) is 28.1 Å². The van der Waals surface area contributed by atoms with Crippen molar-refractivity contribution in [1.29, 1.82) is 5.41 Å². The minimum absolute atomic E-state index is 0.200. The molecule has 0 bridgehead atoms. The van der Waals surface area contributed by atoms with Crippen molar-refractivity contribution >= 4 is 22.7 Å². The van der Waals surface area contributed by atoms with Crippen LogP contribution in [0, 0.1) is 12.3 Å². The number of aryl methyl sites for hydroxylation is 1. The number of nitrogens with one attached hydrogen (secondary N) is 1. The summed E-state index contributed by atoms with van der Waals surface area (Å²) in [5, 5.41) is 20.0. The fraction of sp³-hybridized carbons (Fsp3) is 0.250. The van der Waals surface area contributed by atoms with Gasteiger partial charge in [0.05, 0.1) is 32.0 Å². The quantitative estimate of drug-likeness (QED) is 0.550. The first-order chi connectivity index (χ1) is 15.0.